The van der Waals surface area contributed by atoms with Gasteiger partial charge in [0.25, 0.3) is 0 Å². The Hall–Kier alpha value is -2.92. The molecule has 1 aromatic carbocycles. The van der Waals surface area contributed by atoms with Crippen LogP contribution in [-0.4, -0.2) is 59.2 Å². The first kappa shape index (κ1) is 18.9. The second-order valence-electron chi connectivity index (χ2n) is 5.81. The van der Waals surface area contributed by atoms with Crippen LogP contribution in [0.5, 0.6) is 0 Å². The molecule has 27 heavy (non-hydrogen) atoms. The number of nitro groups is 1. The molecule has 1 aromatic heterocycles. The summed E-state index contributed by atoms with van der Waals surface area (Å²) in [5.41, 5.74) is -0.237. The second-order valence-corrected chi connectivity index (χ2v) is 5.81. The zero-order chi connectivity index (χ0) is 19.2. The number of aromatic nitrogens is 2. The van der Waals surface area contributed by atoms with Gasteiger partial charge in [-0.2, -0.15) is 0 Å². The van der Waals surface area contributed by atoms with E-state index in [1.807, 2.05) is 0 Å². The summed E-state index contributed by atoms with van der Waals surface area (Å²) in [7, 11) is 0. The Labute approximate surface area is 153 Å². The van der Waals surface area contributed by atoms with Crippen LogP contribution in [-0.2, 0) is 4.74 Å². The van der Waals surface area contributed by atoms with Crippen molar-refractivity contribution in [2.75, 3.05) is 50.0 Å². The first-order valence-electron chi connectivity index (χ1n) is 8.30. The minimum Gasteiger partial charge on any atom is -0.379 e. The maximum absolute atomic E-state index is 13.4. The van der Waals surface area contributed by atoms with Crippen molar-refractivity contribution in [3.63, 3.8) is 0 Å². The number of hydrogen-bond donors (Lipinski definition) is 2. The lowest BCUT2D eigenvalue weighted by molar-refractivity contribution is -0.383. The van der Waals surface area contributed by atoms with E-state index < -0.39 is 16.6 Å². The van der Waals surface area contributed by atoms with Crippen LogP contribution >= 0.6 is 0 Å². The topological polar surface area (TPSA) is 105 Å². The molecule has 144 valence electrons. The van der Waals surface area contributed by atoms with Gasteiger partial charge in [0.1, 0.15) is 6.33 Å². The average molecular weight is 380 g/mol. The predicted octanol–water partition coefficient (Wildman–Crippen LogP) is 2.15. The van der Waals surface area contributed by atoms with Gasteiger partial charge in [0.05, 0.1) is 18.1 Å². The number of morpholine rings is 1. The summed E-state index contributed by atoms with van der Waals surface area (Å²) in [6, 6.07) is 3.08. The van der Waals surface area contributed by atoms with Crippen LogP contribution in [0, 0.1) is 21.7 Å². The van der Waals surface area contributed by atoms with Gasteiger partial charge in [0.2, 0.25) is 11.6 Å². The first-order chi connectivity index (χ1) is 13.0. The summed E-state index contributed by atoms with van der Waals surface area (Å²) in [4.78, 5) is 20.8. The molecular weight excluding hydrogens is 362 g/mol. The summed E-state index contributed by atoms with van der Waals surface area (Å²) in [6.45, 7) is 4.05. The van der Waals surface area contributed by atoms with Gasteiger partial charge in [-0.25, -0.2) is 18.7 Å². The second kappa shape index (κ2) is 8.64. The van der Waals surface area contributed by atoms with Gasteiger partial charge in [-0.15, -0.1) is 0 Å². The highest BCUT2D eigenvalue weighted by Crippen LogP contribution is 2.31. The minimum absolute atomic E-state index is 0.0494. The molecule has 0 atom stereocenters. The standard InChI is InChI=1S/C16H18F2N6O3/c17-12-2-1-11(9-13(12)18)22-16-14(24(25)26)15(20-10-21-16)19-3-4-23-5-7-27-8-6-23/h1-2,9-10H,3-8H2,(H2,19,20,21,22). The third-order valence-corrected chi connectivity index (χ3v) is 4.01. The van der Waals surface area contributed by atoms with Gasteiger partial charge in [0.15, 0.2) is 11.6 Å². The van der Waals surface area contributed by atoms with Crippen LogP contribution in [0.2, 0.25) is 0 Å². The maximum atomic E-state index is 13.4. The van der Waals surface area contributed by atoms with Gasteiger partial charge in [0, 0.05) is 37.9 Å². The van der Waals surface area contributed by atoms with Crippen LogP contribution in [0.15, 0.2) is 24.5 Å². The van der Waals surface area contributed by atoms with Crippen molar-refractivity contribution in [1.29, 1.82) is 0 Å². The fourth-order valence-electron chi connectivity index (χ4n) is 2.64. The van der Waals surface area contributed by atoms with E-state index in [-0.39, 0.29) is 23.0 Å². The highest BCUT2D eigenvalue weighted by molar-refractivity contribution is 5.73. The van der Waals surface area contributed by atoms with E-state index in [0.29, 0.717) is 26.3 Å². The van der Waals surface area contributed by atoms with Gasteiger partial charge in [-0.1, -0.05) is 0 Å². The fraction of sp³-hybridized carbons (Fsp3) is 0.375. The molecule has 0 bridgehead atoms. The Morgan fingerprint density at radius 3 is 2.63 bits per heavy atom. The summed E-state index contributed by atoms with van der Waals surface area (Å²) in [5.74, 6) is -2.15. The lowest BCUT2D eigenvalue weighted by Gasteiger charge is -2.26. The van der Waals surface area contributed by atoms with Crippen LogP contribution in [0.1, 0.15) is 0 Å². The van der Waals surface area contributed by atoms with Crippen molar-refractivity contribution in [3.05, 3.63) is 46.3 Å². The fourth-order valence-corrected chi connectivity index (χ4v) is 2.64. The Morgan fingerprint density at radius 1 is 1.19 bits per heavy atom. The minimum atomic E-state index is -1.07. The summed E-state index contributed by atoms with van der Waals surface area (Å²) < 4.78 is 31.7. The van der Waals surface area contributed by atoms with E-state index in [0.717, 1.165) is 31.5 Å². The Kier molecular flexibility index (Phi) is 6.04. The van der Waals surface area contributed by atoms with Gasteiger partial charge >= 0.3 is 5.69 Å². The molecule has 0 aliphatic carbocycles. The third-order valence-electron chi connectivity index (χ3n) is 4.01. The maximum Gasteiger partial charge on any atom is 0.353 e. The molecule has 3 rings (SSSR count). The number of halogens is 2. The van der Waals surface area contributed by atoms with Gasteiger partial charge in [-0.3, -0.25) is 15.0 Å². The molecule has 0 radical (unpaired) electrons. The van der Waals surface area contributed by atoms with Crippen LogP contribution in [0.4, 0.5) is 31.8 Å². The monoisotopic (exact) mass is 380 g/mol. The summed E-state index contributed by atoms with van der Waals surface area (Å²) in [6.07, 6.45) is 1.16. The van der Waals surface area contributed by atoms with Crippen molar-refractivity contribution in [3.8, 4) is 0 Å². The van der Waals surface area contributed by atoms with E-state index in [9.17, 15) is 18.9 Å². The number of rotatable bonds is 7. The van der Waals surface area contributed by atoms with Crippen LogP contribution in [0.25, 0.3) is 0 Å². The van der Waals surface area contributed by atoms with Crippen molar-refractivity contribution in [2.24, 2.45) is 0 Å². The van der Waals surface area contributed by atoms with E-state index in [4.69, 9.17) is 4.74 Å². The average Bonchev–Trinajstić information content (AvgIpc) is 2.65. The van der Waals surface area contributed by atoms with Crippen molar-refractivity contribution in [2.45, 2.75) is 0 Å². The highest BCUT2D eigenvalue weighted by Gasteiger charge is 2.23. The van der Waals surface area contributed by atoms with Crippen LogP contribution < -0.4 is 10.6 Å². The molecule has 2 N–H and O–H groups in total. The summed E-state index contributed by atoms with van der Waals surface area (Å²) in [5, 5.41) is 17.1. The molecule has 11 heteroatoms. The lowest BCUT2D eigenvalue weighted by atomic mass is 10.3. The number of hydrogen-bond acceptors (Lipinski definition) is 8. The molecule has 0 spiro atoms. The third kappa shape index (κ3) is 4.83. The molecule has 1 fully saturated rings. The van der Waals surface area contributed by atoms with E-state index >= 15 is 0 Å². The molecule has 1 aliphatic heterocycles. The molecule has 1 saturated heterocycles. The van der Waals surface area contributed by atoms with Gasteiger partial charge in [-0.05, 0) is 12.1 Å². The largest absolute Gasteiger partial charge is 0.379 e. The zero-order valence-corrected chi connectivity index (χ0v) is 14.3. The number of nitrogens with zero attached hydrogens (tertiary/aromatic N) is 4. The first-order valence-corrected chi connectivity index (χ1v) is 8.30. The highest BCUT2D eigenvalue weighted by atomic mass is 19.2. The van der Waals surface area contributed by atoms with E-state index in [2.05, 4.69) is 25.5 Å². The zero-order valence-electron chi connectivity index (χ0n) is 14.3. The number of anilines is 3. The molecule has 0 saturated carbocycles. The smallest absolute Gasteiger partial charge is 0.353 e. The molecule has 1 aliphatic rings. The number of ether oxygens (including phenoxy) is 1. The van der Waals surface area contributed by atoms with Crippen LogP contribution in [0.3, 0.4) is 0 Å². The molecule has 0 amide bonds. The summed E-state index contributed by atoms with van der Waals surface area (Å²) >= 11 is 0. The SMILES string of the molecule is O=[N+]([O-])c1c(NCCN2CCOCC2)ncnc1Nc1ccc(F)c(F)c1. The Morgan fingerprint density at radius 2 is 1.93 bits per heavy atom. The molecule has 9 nitrogen and oxygen atoms in total. The Bertz CT molecular complexity index is 817. The quantitative estimate of drug-likeness (QED) is 0.556. The van der Waals surface area contributed by atoms with E-state index in [1.165, 1.54) is 6.07 Å². The van der Waals surface area contributed by atoms with Crippen molar-refractivity contribution < 1.29 is 18.4 Å². The van der Waals surface area contributed by atoms with Gasteiger partial charge < -0.3 is 15.4 Å². The molecule has 2 heterocycles. The Balaban J connectivity index is 1.73. The lowest BCUT2D eigenvalue weighted by Crippen LogP contribution is -2.39. The number of nitrogens with one attached hydrogen (secondary N) is 2. The normalized spacial score (nSPS) is 14.7. The molecular formula is C16H18F2N6O3. The molecule has 0 unspecified atom stereocenters. The number of benzene rings is 1. The van der Waals surface area contributed by atoms with E-state index in [1.54, 1.807) is 0 Å². The predicted molar refractivity (Wildman–Crippen MR) is 94.1 cm³/mol. The molecule has 2 aromatic rings. The van der Waals surface area contributed by atoms with Crippen molar-refractivity contribution in [1.82, 2.24) is 14.9 Å². The van der Waals surface area contributed by atoms with Crippen molar-refractivity contribution >= 4 is 23.0 Å².